The average Bonchev–Trinajstić information content (AvgIpc) is 2.40. The molecule has 0 unspecified atom stereocenters. The normalized spacial score (nSPS) is 31.1. The lowest BCUT2D eigenvalue weighted by molar-refractivity contribution is -0.127. The van der Waals surface area contributed by atoms with E-state index in [1.54, 1.807) is 0 Å². The minimum Gasteiger partial charge on any atom is -0.396 e. The van der Waals surface area contributed by atoms with Gasteiger partial charge in [-0.15, -0.1) is 0 Å². The quantitative estimate of drug-likeness (QED) is 0.793. The molecule has 3 nitrogen and oxygen atoms in total. The van der Waals surface area contributed by atoms with Gasteiger partial charge in [0.1, 0.15) is 0 Å². The van der Waals surface area contributed by atoms with Gasteiger partial charge in [0.25, 0.3) is 0 Å². The summed E-state index contributed by atoms with van der Waals surface area (Å²) in [6, 6.07) is 0.437. The Balaban J connectivity index is 1.72. The molecule has 2 rings (SSSR count). The molecule has 0 saturated heterocycles. The van der Waals surface area contributed by atoms with Gasteiger partial charge in [0.05, 0.1) is 0 Å². The number of hydrogen-bond donors (Lipinski definition) is 2. The minimum absolute atomic E-state index is 0.208. The van der Waals surface area contributed by atoms with Crippen molar-refractivity contribution in [3.05, 3.63) is 0 Å². The SMILES string of the molecule is O=C(NC1CCCCC1)C1CCC(CO)CC1. The van der Waals surface area contributed by atoms with Crippen LogP contribution in [0.4, 0.5) is 0 Å². The van der Waals surface area contributed by atoms with Crippen LogP contribution in [0.1, 0.15) is 57.8 Å². The van der Waals surface area contributed by atoms with Gasteiger partial charge in [-0.1, -0.05) is 19.3 Å². The summed E-state index contributed by atoms with van der Waals surface area (Å²) in [5, 5.41) is 12.3. The minimum atomic E-state index is 0.208. The van der Waals surface area contributed by atoms with Gasteiger partial charge >= 0.3 is 0 Å². The molecular weight excluding hydrogens is 214 g/mol. The van der Waals surface area contributed by atoms with E-state index in [9.17, 15) is 4.79 Å². The van der Waals surface area contributed by atoms with Crippen molar-refractivity contribution < 1.29 is 9.90 Å². The Morgan fingerprint density at radius 2 is 1.65 bits per heavy atom. The van der Waals surface area contributed by atoms with E-state index in [4.69, 9.17) is 5.11 Å². The molecule has 0 bridgehead atoms. The van der Waals surface area contributed by atoms with Gasteiger partial charge in [-0.05, 0) is 44.4 Å². The first-order valence-corrected chi connectivity index (χ1v) is 7.21. The number of carbonyl (C=O) groups excluding carboxylic acids is 1. The second kappa shape index (κ2) is 6.39. The van der Waals surface area contributed by atoms with Crippen molar-refractivity contribution in [1.82, 2.24) is 5.32 Å². The predicted molar refractivity (Wildman–Crippen MR) is 67.5 cm³/mol. The zero-order valence-corrected chi connectivity index (χ0v) is 10.7. The maximum absolute atomic E-state index is 12.1. The summed E-state index contributed by atoms with van der Waals surface area (Å²) >= 11 is 0. The van der Waals surface area contributed by atoms with Crippen molar-refractivity contribution in [3.63, 3.8) is 0 Å². The first kappa shape index (κ1) is 12.9. The molecule has 17 heavy (non-hydrogen) atoms. The van der Waals surface area contributed by atoms with E-state index in [1.807, 2.05) is 0 Å². The molecule has 0 radical (unpaired) electrons. The molecule has 0 aromatic heterocycles. The van der Waals surface area contributed by atoms with Gasteiger partial charge in [0, 0.05) is 18.6 Å². The molecule has 2 fully saturated rings. The predicted octanol–water partition coefficient (Wildman–Crippen LogP) is 2.23. The number of hydrogen-bond acceptors (Lipinski definition) is 2. The Hall–Kier alpha value is -0.570. The molecule has 0 atom stereocenters. The third-order valence-electron chi connectivity index (χ3n) is 4.43. The molecule has 2 N–H and O–H groups in total. The highest BCUT2D eigenvalue weighted by Crippen LogP contribution is 2.29. The van der Waals surface area contributed by atoms with E-state index >= 15 is 0 Å². The highest BCUT2D eigenvalue weighted by Gasteiger charge is 2.27. The first-order valence-electron chi connectivity index (χ1n) is 7.21. The maximum atomic E-state index is 12.1. The Morgan fingerprint density at radius 3 is 2.24 bits per heavy atom. The Bertz CT molecular complexity index is 241. The van der Waals surface area contributed by atoms with Crippen molar-refractivity contribution in [2.75, 3.05) is 6.61 Å². The van der Waals surface area contributed by atoms with Gasteiger partial charge in [-0.25, -0.2) is 0 Å². The molecule has 3 heteroatoms. The molecule has 98 valence electrons. The summed E-state index contributed by atoms with van der Waals surface area (Å²) in [4.78, 5) is 12.1. The van der Waals surface area contributed by atoms with Gasteiger partial charge in [-0.3, -0.25) is 4.79 Å². The number of nitrogens with one attached hydrogen (secondary N) is 1. The monoisotopic (exact) mass is 239 g/mol. The third kappa shape index (κ3) is 3.70. The number of aliphatic hydroxyl groups excluding tert-OH is 1. The highest BCUT2D eigenvalue weighted by molar-refractivity contribution is 5.79. The van der Waals surface area contributed by atoms with Gasteiger partial charge in [0.2, 0.25) is 5.91 Å². The molecule has 0 aromatic rings. The van der Waals surface area contributed by atoms with Crippen LogP contribution in [0.3, 0.4) is 0 Å². The van der Waals surface area contributed by atoms with E-state index in [2.05, 4.69) is 5.32 Å². The van der Waals surface area contributed by atoms with Crippen LogP contribution in [-0.4, -0.2) is 23.7 Å². The van der Waals surface area contributed by atoms with Crippen LogP contribution in [0.2, 0.25) is 0 Å². The summed E-state index contributed by atoms with van der Waals surface area (Å²) in [5.41, 5.74) is 0. The number of aliphatic hydroxyl groups is 1. The topological polar surface area (TPSA) is 49.3 Å². The van der Waals surface area contributed by atoms with Crippen molar-refractivity contribution in [3.8, 4) is 0 Å². The molecular formula is C14H25NO2. The lowest BCUT2D eigenvalue weighted by atomic mass is 9.81. The largest absolute Gasteiger partial charge is 0.396 e. The standard InChI is InChI=1S/C14H25NO2/c16-10-11-6-8-12(9-7-11)14(17)15-13-4-2-1-3-5-13/h11-13,16H,1-10H2,(H,15,17). The lowest BCUT2D eigenvalue weighted by Crippen LogP contribution is -2.41. The summed E-state index contributed by atoms with van der Waals surface area (Å²) in [5.74, 6) is 0.918. The van der Waals surface area contributed by atoms with Crippen molar-refractivity contribution in [2.45, 2.75) is 63.8 Å². The van der Waals surface area contributed by atoms with Crippen LogP contribution < -0.4 is 5.32 Å². The van der Waals surface area contributed by atoms with Crippen LogP contribution >= 0.6 is 0 Å². The van der Waals surface area contributed by atoms with Crippen molar-refractivity contribution in [1.29, 1.82) is 0 Å². The molecule has 1 amide bonds. The van der Waals surface area contributed by atoms with Gasteiger partial charge < -0.3 is 10.4 Å². The second-order valence-electron chi connectivity index (χ2n) is 5.74. The zero-order chi connectivity index (χ0) is 12.1. The van der Waals surface area contributed by atoms with Gasteiger partial charge in [-0.2, -0.15) is 0 Å². The fourth-order valence-electron chi connectivity index (χ4n) is 3.17. The Kier molecular flexibility index (Phi) is 4.84. The summed E-state index contributed by atoms with van der Waals surface area (Å²) < 4.78 is 0. The maximum Gasteiger partial charge on any atom is 0.223 e. The summed E-state index contributed by atoms with van der Waals surface area (Å²) in [6.07, 6.45) is 10.1. The lowest BCUT2D eigenvalue weighted by Gasteiger charge is -2.29. The number of rotatable bonds is 3. The molecule has 0 heterocycles. The van der Waals surface area contributed by atoms with Crippen molar-refractivity contribution >= 4 is 5.91 Å². The molecule has 2 aliphatic rings. The van der Waals surface area contributed by atoms with E-state index < -0.39 is 0 Å². The molecule has 2 saturated carbocycles. The average molecular weight is 239 g/mol. The van der Waals surface area contributed by atoms with Crippen molar-refractivity contribution in [2.24, 2.45) is 11.8 Å². The van der Waals surface area contributed by atoms with E-state index in [-0.39, 0.29) is 18.4 Å². The molecule has 2 aliphatic carbocycles. The zero-order valence-electron chi connectivity index (χ0n) is 10.7. The highest BCUT2D eigenvalue weighted by atomic mass is 16.3. The molecule has 0 spiro atoms. The molecule has 0 aromatic carbocycles. The molecule has 0 aliphatic heterocycles. The second-order valence-corrected chi connectivity index (χ2v) is 5.74. The number of carbonyl (C=O) groups is 1. The van der Waals surface area contributed by atoms with Crippen LogP contribution in [0.5, 0.6) is 0 Å². The van der Waals surface area contributed by atoms with E-state index in [1.165, 1.54) is 19.3 Å². The fraction of sp³-hybridized carbons (Fsp3) is 0.929. The van der Waals surface area contributed by atoms with Gasteiger partial charge in [0.15, 0.2) is 0 Å². The first-order chi connectivity index (χ1) is 8.29. The Morgan fingerprint density at radius 1 is 1.00 bits per heavy atom. The van der Waals surface area contributed by atoms with Crippen LogP contribution in [0, 0.1) is 11.8 Å². The van der Waals surface area contributed by atoms with Crippen LogP contribution in [0.15, 0.2) is 0 Å². The number of amides is 1. The summed E-state index contributed by atoms with van der Waals surface area (Å²) in [7, 11) is 0. The summed E-state index contributed by atoms with van der Waals surface area (Å²) in [6.45, 7) is 0.289. The van der Waals surface area contributed by atoms with Crippen LogP contribution in [-0.2, 0) is 4.79 Å². The van der Waals surface area contributed by atoms with Crippen LogP contribution in [0.25, 0.3) is 0 Å². The Labute approximate surface area is 104 Å². The van der Waals surface area contributed by atoms with E-state index in [0.29, 0.717) is 12.0 Å². The van der Waals surface area contributed by atoms with E-state index in [0.717, 1.165) is 38.5 Å². The smallest absolute Gasteiger partial charge is 0.223 e. The fourth-order valence-corrected chi connectivity index (χ4v) is 3.17. The third-order valence-corrected chi connectivity index (χ3v) is 4.43.